The molecular weight excluding hydrogens is 244 g/mol. The van der Waals surface area contributed by atoms with E-state index in [4.69, 9.17) is 15.7 Å². The third kappa shape index (κ3) is 5.75. The number of hydrogen-bond donors (Lipinski definition) is 3. The van der Waals surface area contributed by atoms with Crippen LogP contribution in [0.2, 0.25) is 0 Å². The van der Waals surface area contributed by atoms with E-state index < -0.39 is 6.03 Å². The fraction of sp³-hybridized carbons (Fsp3) is 0.385. The van der Waals surface area contributed by atoms with Gasteiger partial charge in [0.2, 0.25) is 0 Å². The van der Waals surface area contributed by atoms with Gasteiger partial charge in [0.25, 0.3) is 0 Å². The van der Waals surface area contributed by atoms with Gasteiger partial charge < -0.3 is 21.1 Å². The largest absolute Gasteiger partial charge is 0.479 e. The number of hydrogen-bond acceptors (Lipinski definition) is 4. The SMILES string of the molecule is CC(NCCNC(N)=O)c1ccc(OCC#N)cc1. The Labute approximate surface area is 112 Å². The van der Waals surface area contributed by atoms with Crippen molar-refractivity contribution < 1.29 is 9.53 Å². The molecule has 6 heteroatoms. The lowest BCUT2D eigenvalue weighted by Crippen LogP contribution is -2.35. The zero-order chi connectivity index (χ0) is 14.1. The summed E-state index contributed by atoms with van der Waals surface area (Å²) in [4.78, 5) is 10.5. The molecule has 102 valence electrons. The summed E-state index contributed by atoms with van der Waals surface area (Å²) in [7, 11) is 0. The van der Waals surface area contributed by atoms with Gasteiger partial charge in [0.05, 0.1) is 0 Å². The Morgan fingerprint density at radius 2 is 2.11 bits per heavy atom. The lowest BCUT2D eigenvalue weighted by atomic mass is 10.1. The van der Waals surface area contributed by atoms with Crippen molar-refractivity contribution in [2.45, 2.75) is 13.0 Å². The second-order valence-electron chi connectivity index (χ2n) is 3.98. The average Bonchev–Trinajstić information content (AvgIpc) is 2.41. The number of amides is 2. The number of nitrogens with two attached hydrogens (primary N) is 1. The molecule has 0 bridgehead atoms. The van der Waals surface area contributed by atoms with Crippen molar-refractivity contribution in [1.29, 1.82) is 5.26 Å². The van der Waals surface area contributed by atoms with Gasteiger partial charge in [-0.1, -0.05) is 12.1 Å². The van der Waals surface area contributed by atoms with Gasteiger partial charge in [-0.15, -0.1) is 0 Å². The average molecular weight is 262 g/mol. The number of nitrogens with one attached hydrogen (secondary N) is 2. The van der Waals surface area contributed by atoms with Crippen molar-refractivity contribution in [1.82, 2.24) is 10.6 Å². The van der Waals surface area contributed by atoms with Crippen molar-refractivity contribution in [2.75, 3.05) is 19.7 Å². The number of nitrogens with zero attached hydrogens (tertiary/aromatic N) is 1. The number of nitriles is 1. The van der Waals surface area contributed by atoms with Crippen LogP contribution in [0.4, 0.5) is 4.79 Å². The van der Waals surface area contributed by atoms with E-state index in [2.05, 4.69) is 10.6 Å². The summed E-state index contributed by atoms with van der Waals surface area (Å²) < 4.78 is 5.17. The first-order chi connectivity index (χ1) is 9.13. The van der Waals surface area contributed by atoms with Gasteiger partial charge in [0.15, 0.2) is 6.61 Å². The molecule has 1 unspecified atom stereocenters. The summed E-state index contributed by atoms with van der Waals surface area (Å²) in [6, 6.07) is 9.07. The number of urea groups is 1. The highest BCUT2D eigenvalue weighted by Crippen LogP contribution is 2.17. The van der Waals surface area contributed by atoms with E-state index in [-0.39, 0.29) is 12.6 Å². The van der Waals surface area contributed by atoms with Gasteiger partial charge >= 0.3 is 6.03 Å². The molecule has 0 saturated heterocycles. The molecule has 0 fully saturated rings. The maximum atomic E-state index is 10.5. The molecule has 6 nitrogen and oxygen atoms in total. The molecule has 19 heavy (non-hydrogen) atoms. The Morgan fingerprint density at radius 1 is 1.42 bits per heavy atom. The van der Waals surface area contributed by atoms with Gasteiger partial charge in [-0.2, -0.15) is 5.26 Å². The first-order valence-corrected chi connectivity index (χ1v) is 6.00. The van der Waals surface area contributed by atoms with Crippen LogP contribution in [0.5, 0.6) is 5.75 Å². The first kappa shape index (κ1) is 14.8. The molecule has 1 atom stereocenters. The van der Waals surface area contributed by atoms with Crippen molar-refractivity contribution in [3.63, 3.8) is 0 Å². The molecule has 1 aromatic carbocycles. The van der Waals surface area contributed by atoms with Crippen LogP contribution >= 0.6 is 0 Å². The number of carbonyl (C=O) groups is 1. The Kier molecular flexibility index (Phi) is 6.19. The van der Waals surface area contributed by atoms with Crippen LogP contribution in [0.25, 0.3) is 0 Å². The number of primary amides is 1. The Hall–Kier alpha value is -2.26. The maximum Gasteiger partial charge on any atom is 0.312 e. The van der Waals surface area contributed by atoms with Crippen LogP contribution in [-0.2, 0) is 0 Å². The highest BCUT2D eigenvalue weighted by Gasteiger charge is 2.04. The van der Waals surface area contributed by atoms with Crippen LogP contribution in [-0.4, -0.2) is 25.7 Å². The smallest absolute Gasteiger partial charge is 0.312 e. The van der Waals surface area contributed by atoms with E-state index in [1.54, 1.807) is 0 Å². The van der Waals surface area contributed by atoms with E-state index in [0.29, 0.717) is 18.8 Å². The topological polar surface area (TPSA) is 100 Å². The molecule has 4 N–H and O–H groups in total. The highest BCUT2D eigenvalue weighted by atomic mass is 16.5. The molecule has 0 aliphatic rings. The number of carbonyl (C=O) groups excluding carboxylic acids is 1. The molecule has 0 aliphatic heterocycles. The second-order valence-corrected chi connectivity index (χ2v) is 3.98. The molecule has 0 saturated carbocycles. The Bertz CT molecular complexity index is 439. The van der Waals surface area contributed by atoms with Gasteiger partial charge in [-0.05, 0) is 24.6 Å². The summed E-state index contributed by atoms with van der Waals surface area (Å²) in [5, 5.41) is 14.2. The van der Waals surface area contributed by atoms with Crippen molar-refractivity contribution in [3.05, 3.63) is 29.8 Å². The summed E-state index contributed by atoms with van der Waals surface area (Å²) in [6.07, 6.45) is 0. The van der Waals surface area contributed by atoms with E-state index in [1.165, 1.54) is 0 Å². The molecule has 1 rings (SSSR count). The lowest BCUT2D eigenvalue weighted by Gasteiger charge is -2.14. The molecule has 1 aromatic rings. The van der Waals surface area contributed by atoms with Crippen molar-refractivity contribution in [2.24, 2.45) is 5.73 Å². The number of benzene rings is 1. The van der Waals surface area contributed by atoms with Gasteiger partial charge in [0.1, 0.15) is 11.8 Å². The van der Waals surface area contributed by atoms with Gasteiger partial charge in [0, 0.05) is 19.1 Å². The second kappa shape index (κ2) is 7.95. The van der Waals surface area contributed by atoms with E-state index >= 15 is 0 Å². The van der Waals surface area contributed by atoms with E-state index in [1.807, 2.05) is 37.3 Å². The van der Waals surface area contributed by atoms with Crippen LogP contribution in [0.3, 0.4) is 0 Å². The number of ether oxygens (including phenoxy) is 1. The van der Waals surface area contributed by atoms with E-state index in [9.17, 15) is 4.79 Å². The van der Waals surface area contributed by atoms with Gasteiger partial charge in [-0.25, -0.2) is 4.79 Å². The quantitative estimate of drug-likeness (QED) is 0.636. The van der Waals surface area contributed by atoms with Crippen LogP contribution < -0.4 is 21.1 Å². The zero-order valence-corrected chi connectivity index (χ0v) is 10.8. The molecule has 0 spiro atoms. The van der Waals surface area contributed by atoms with E-state index in [0.717, 1.165) is 5.56 Å². The normalized spacial score (nSPS) is 11.4. The molecule has 0 heterocycles. The van der Waals surface area contributed by atoms with Gasteiger partial charge in [-0.3, -0.25) is 0 Å². The van der Waals surface area contributed by atoms with Crippen LogP contribution in [0.1, 0.15) is 18.5 Å². The van der Waals surface area contributed by atoms with Crippen molar-refractivity contribution in [3.8, 4) is 11.8 Å². The third-order valence-electron chi connectivity index (χ3n) is 2.56. The predicted molar refractivity (Wildman–Crippen MR) is 71.6 cm³/mol. The molecule has 2 amide bonds. The first-order valence-electron chi connectivity index (χ1n) is 6.00. The Balaban J connectivity index is 2.38. The molecular formula is C13H18N4O2. The minimum atomic E-state index is -0.520. The summed E-state index contributed by atoms with van der Waals surface area (Å²) in [5.74, 6) is 0.674. The van der Waals surface area contributed by atoms with Crippen LogP contribution in [0.15, 0.2) is 24.3 Å². The highest BCUT2D eigenvalue weighted by molar-refractivity contribution is 5.71. The van der Waals surface area contributed by atoms with Crippen LogP contribution in [0, 0.1) is 11.3 Å². The minimum Gasteiger partial charge on any atom is -0.479 e. The molecule has 0 aliphatic carbocycles. The Morgan fingerprint density at radius 3 is 2.68 bits per heavy atom. The fourth-order valence-corrected chi connectivity index (χ4v) is 1.56. The summed E-state index contributed by atoms with van der Waals surface area (Å²) >= 11 is 0. The molecule has 0 aromatic heterocycles. The maximum absolute atomic E-state index is 10.5. The number of rotatable bonds is 7. The fourth-order valence-electron chi connectivity index (χ4n) is 1.56. The molecule has 0 radical (unpaired) electrons. The summed E-state index contributed by atoms with van der Waals surface area (Å²) in [5.41, 5.74) is 6.06. The lowest BCUT2D eigenvalue weighted by molar-refractivity contribution is 0.249. The monoisotopic (exact) mass is 262 g/mol. The standard InChI is InChI=1S/C13H18N4O2/c1-10(16-7-8-17-13(15)18)11-2-4-12(5-3-11)19-9-6-14/h2-5,10,16H,7-9H2,1H3,(H3,15,17,18). The zero-order valence-electron chi connectivity index (χ0n) is 10.8. The minimum absolute atomic E-state index is 0.0476. The summed E-state index contributed by atoms with van der Waals surface area (Å²) in [6.45, 7) is 3.20. The third-order valence-corrected chi connectivity index (χ3v) is 2.56. The predicted octanol–water partition coefficient (Wildman–Crippen LogP) is 0.908. The van der Waals surface area contributed by atoms with Crippen molar-refractivity contribution >= 4 is 6.03 Å².